The first-order chi connectivity index (χ1) is 18.1. The molecule has 0 spiro atoms. The van der Waals surface area contributed by atoms with Crippen molar-refractivity contribution in [2.45, 2.75) is 31.9 Å². The van der Waals surface area contributed by atoms with Crippen LogP contribution in [0.3, 0.4) is 0 Å². The van der Waals surface area contributed by atoms with Crippen molar-refractivity contribution in [1.29, 1.82) is 0 Å². The van der Waals surface area contributed by atoms with Gasteiger partial charge in [0.25, 0.3) is 0 Å². The lowest BCUT2D eigenvalue weighted by Crippen LogP contribution is -2.24. The minimum atomic E-state index is -1.21. The van der Waals surface area contributed by atoms with E-state index in [0.717, 1.165) is 24.6 Å². The Hall–Kier alpha value is -3.27. The number of benzene rings is 2. The number of carboxylic acids is 1. The first kappa shape index (κ1) is 35.7. The molecule has 212 valence electrons. The van der Waals surface area contributed by atoms with Crippen molar-refractivity contribution in [3.05, 3.63) is 107 Å². The molecule has 3 rings (SSSR count). The second-order valence-corrected chi connectivity index (χ2v) is 8.93. The molecule has 8 nitrogen and oxygen atoms in total. The van der Waals surface area contributed by atoms with E-state index >= 15 is 0 Å². The Labute approximate surface area is 241 Å². The standard InChI is InChI=1S/C10H7ClO4.C10H16N2.C9H13NO.ClH/c11-7-1-3-8(4-2-7)15-10(14)6-5-9(12)13;1-12(2)9-5-7-10-6-3-4-8-11-10;1-7(10)9(11)8-5-3-2-4-6-8;/h1-6H,(H,12,13);3-4,6,8H,5,7,9H2,1-2H3;2-7,9,11H,10H2,1H3;1H/b6-5+;;;. The highest BCUT2D eigenvalue weighted by Gasteiger charge is 2.10. The zero-order chi connectivity index (χ0) is 28.3. The number of aliphatic carboxylic acids is 1. The quantitative estimate of drug-likeness (QED) is 0.185. The summed E-state index contributed by atoms with van der Waals surface area (Å²) in [6.07, 6.45) is 5.11. The van der Waals surface area contributed by atoms with Gasteiger partial charge < -0.3 is 25.6 Å². The first-order valence-corrected chi connectivity index (χ1v) is 12.4. The summed E-state index contributed by atoms with van der Waals surface area (Å²) >= 11 is 5.62. The lowest BCUT2D eigenvalue weighted by molar-refractivity contribution is -0.133. The van der Waals surface area contributed by atoms with E-state index < -0.39 is 18.0 Å². The van der Waals surface area contributed by atoms with Crippen LogP contribution in [0.1, 0.15) is 30.7 Å². The second kappa shape index (κ2) is 20.7. The molecule has 0 aliphatic heterocycles. The second-order valence-electron chi connectivity index (χ2n) is 8.49. The molecule has 0 aliphatic rings. The smallest absolute Gasteiger partial charge is 0.336 e. The number of aromatic nitrogens is 1. The van der Waals surface area contributed by atoms with Crippen molar-refractivity contribution in [2.75, 3.05) is 20.6 Å². The Kier molecular flexibility index (Phi) is 18.9. The molecule has 0 bridgehead atoms. The van der Waals surface area contributed by atoms with Gasteiger partial charge in [0.2, 0.25) is 0 Å². The molecule has 2 unspecified atom stereocenters. The number of halogens is 2. The molecule has 0 aliphatic carbocycles. The van der Waals surface area contributed by atoms with Crippen LogP contribution in [0.15, 0.2) is 91.1 Å². The monoisotopic (exact) mass is 577 g/mol. The SMILES string of the molecule is CC(N)C(O)c1ccccc1.CN(C)CCCc1ccccn1.Cl.O=C(O)/C=C/C(=O)Oc1ccc(Cl)cc1. The summed E-state index contributed by atoms with van der Waals surface area (Å²) in [6, 6.07) is 21.4. The van der Waals surface area contributed by atoms with Crippen molar-refractivity contribution in [1.82, 2.24) is 9.88 Å². The maximum absolute atomic E-state index is 11.0. The van der Waals surface area contributed by atoms with Gasteiger partial charge >= 0.3 is 11.9 Å². The summed E-state index contributed by atoms with van der Waals surface area (Å²) < 4.78 is 4.77. The molecule has 39 heavy (non-hydrogen) atoms. The van der Waals surface area contributed by atoms with E-state index in [9.17, 15) is 14.7 Å². The van der Waals surface area contributed by atoms with Crippen molar-refractivity contribution < 1.29 is 24.5 Å². The van der Waals surface area contributed by atoms with Gasteiger partial charge in [0.05, 0.1) is 6.10 Å². The Balaban J connectivity index is 0.000000556. The average molecular weight is 579 g/mol. The van der Waals surface area contributed by atoms with Gasteiger partial charge in [-0.25, -0.2) is 9.59 Å². The minimum absolute atomic E-state index is 0. The summed E-state index contributed by atoms with van der Waals surface area (Å²) in [7, 11) is 4.19. The Morgan fingerprint density at radius 3 is 2.15 bits per heavy atom. The van der Waals surface area contributed by atoms with Gasteiger partial charge in [0.15, 0.2) is 0 Å². The number of rotatable bonds is 9. The van der Waals surface area contributed by atoms with Crippen LogP contribution in [-0.4, -0.2) is 58.7 Å². The van der Waals surface area contributed by atoms with Gasteiger partial charge in [-0.1, -0.05) is 48.0 Å². The maximum atomic E-state index is 11.0. The molecule has 0 fully saturated rings. The van der Waals surface area contributed by atoms with Crippen LogP contribution in [0, 0.1) is 0 Å². The zero-order valence-corrected chi connectivity index (χ0v) is 23.9. The lowest BCUT2D eigenvalue weighted by atomic mass is 10.0. The van der Waals surface area contributed by atoms with Gasteiger partial charge in [-0.15, -0.1) is 12.4 Å². The molecule has 0 amide bonds. The number of carbonyl (C=O) groups is 2. The number of carboxylic acid groups (broad SMARTS) is 1. The molecule has 0 saturated carbocycles. The fourth-order valence-electron chi connectivity index (χ4n) is 2.87. The molecular weight excluding hydrogens is 541 g/mol. The number of hydrogen-bond acceptors (Lipinski definition) is 7. The third-order valence-corrected chi connectivity index (χ3v) is 5.05. The molecule has 3 aromatic rings. The number of ether oxygens (including phenoxy) is 1. The normalized spacial score (nSPS) is 11.7. The van der Waals surface area contributed by atoms with Gasteiger partial charge in [0, 0.05) is 35.1 Å². The largest absolute Gasteiger partial charge is 0.478 e. The number of hydrogen-bond donors (Lipinski definition) is 3. The third kappa shape index (κ3) is 17.8. The van der Waals surface area contributed by atoms with Crippen LogP contribution >= 0.6 is 24.0 Å². The minimum Gasteiger partial charge on any atom is -0.478 e. The third-order valence-electron chi connectivity index (χ3n) is 4.80. The lowest BCUT2D eigenvalue weighted by Gasteiger charge is -2.13. The number of aliphatic hydroxyl groups excluding tert-OH is 1. The van der Waals surface area contributed by atoms with Crippen LogP contribution in [-0.2, 0) is 16.0 Å². The summed E-state index contributed by atoms with van der Waals surface area (Å²) in [5.41, 5.74) is 7.59. The predicted octanol–water partition coefficient (Wildman–Crippen LogP) is 4.95. The van der Waals surface area contributed by atoms with E-state index in [1.54, 1.807) is 19.1 Å². The highest BCUT2D eigenvalue weighted by atomic mass is 35.5. The topological polar surface area (TPSA) is 126 Å². The van der Waals surface area contributed by atoms with Crippen molar-refractivity contribution in [3.8, 4) is 5.75 Å². The molecule has 2 aromatic carbocycles. The van der Waals surface area contributed by atoms with Gasteiger partial charge in [-0.3, -0.25) is 4.98 Å². The Bertz CT molecular complexity index is 1100. The van der Waals surface area contributed by atoms with E-state index in [1.165, 1.54) is 24.2 Å². The van der Waals surface area contributed by atoms with Crippen LogP contribution in [0.5, 0.6) is 5.75 Å². The van der Waals surface area contributed by atoms with Crippen molar-refractivity contribution >= 4 is 35.9 Å². The van der Waals surface area contributed by atoms with E-state index in [-0.39, 0.29) is 18.4 Å². The van der Waals surface area contributed by atoms with Gasteiger partial charge in [0.1, 0.15) is 5.75 Å². The molecule has 0 saturated heterocycles. The number of nitrogens with two attached hydrogens (primary N) is 1. The number of nitrogens with zero attached hydrogens (tertiary/aromatic N) is 2. The van der Waals surface area contributed by atoms with E-state index in [4.69, 9.17) is 27.2 Å². The van der Waals surface area contributed by atoms with E-state index in [1.807, 2.05) is 48.7 Å². The molecule has 1 aromatic heterocycles. The molecule has 1 heterocycles. The van der Waals surface area contributed by atoms with E-state index in [2.05, 4.69) is 30.0 Å². The van der Waals surface area contributed by atoms with E-state index in [0.29, 0.717) is 16.8 Å². The Morgan fingerprint density at radius 2 is 1.64 bits per heavy atom. The fraction of sp³-hybridized carbons (Fsp3) is 0.276. The summed E-state index contributed by atoms with van der Waals surface area (Å²) in [5.74, 6) is -1.65. The molecule has 4 N–H and O–H groups in total. The molecule has 10 heteroatoms. The van der Waals surface area contributed by atoms with Crippen LogP contribution in [0.25, 0.3) is 0 Å². The summed E-state index contributed by atoms with van der Waals surface area (Å²) in [5, 5.41) is 18.2. The summed E-state index contributed by atoms with van der Waals surface area (Å²) in [6.45, 7) is 2.92. The number of aliphatic hydroxyl groups is 1. The average Bonchev–Trinajstić information content (AvgIpc) is 2.90. The highest BCUT2D eigenvalue weighted by Crippen LogP contribution is 2.16. The van der Waals surface area contributed by atoms with Gasteiger partial charge in [-0.05, 0) is 82.4 Å². The number of pyridine rings is 1. The number of esters is 1. The zero-order valence-electron chi connectivity index (χ0n) is 22.3. The fourth-order valence-corrected chi connectivity index (χ4v) is 2.99. The summed E-state index contributed by atoms with van der Waals surface area (Å²) in [4.78, 5) is 27.5. The highest BCUT2D eigenvalue weighted by molar-refractivity contribution is 6.30. The number of aryl methyl sites for hydroxylation is 1. The Morgan fingerprint density at radius 1 is 1.03 bits per heavy atom. The molecule has 2 atom stereocenters. The van der Waals surface area contributed by atoms with Crippen molar-refractivity contribution in [3.63, 3.8) is 0 Å². The van der Waals surface area contributed by atoms with Crippen LogP contribution in [0.2, 0.25) is 5.02 Å². The van der Waals surface area contributed by atoms with Crippen molar-refractivity contribution in [2.24, 2.45) is 5.73 Å². The first-order valence-electron chi connectivity index (χ1n) is 12.0. The van der Waals surface area contributed by atoms with Crippen LogP contribution in [0.4, 0.5) is 0 Å². The maximum Gasteiger partial charge on any atom is 0.336 e. The predicted molar refractivity (Wildman–Crippen MR) is 157 cm³/mol. The molecule has 0 radical (unpaired) electrons. The van der Waals surface area contributed by atoms with Gasteiger partial charge in [-0.2, -0.15) is 0 Å². The van der Waals surface area contributed by atoms with Crippen LogP contribution < -0.4 is 10.5 Å². The molecular formula is C29H37Cl2N3O5. The number of carbonyl (C=O) groups excluding carboxylic acids is 1.